The molecular formula is C22H23ClN4O2. The Bertz CT molecular complexity index is 1070. The first-order valence-corrected chi connectivity index (χ1v) is 9.67. The predicted molar refractivity (Wildman–Crippen MR) is 115 cm³/mol. The molecule has 0 aliphatic carbocycles. The molecule has 7 heteroatoms. The van der Waals surface area contributed by atoms with Gasteiger partial charge in [-0.25, -0.2) is 4.68 Å². The quantitative estimate of drug-likeness (QED) is 0.648. The number of hydrogen-bond acceptors (Lipinski definition) is 3. The molecule has 2 N–H and O–H groups in total. The van der Waals surface area contributed by atoms with Crippen molar-refractivity contribution in [1.29, 1.82) is 0 Å². The van der Waals surface area contributed by atoms with Crippen LogP contribution >= 0.6 is 11.6 Å². The first-order chi connectivity index (χ1) is 13.8. The van der Waals surface area contributed by atoms with Gasteiger partial charge in [0.05, 0.1) is 33.9 Å². The third-order valence-electron chi connectivity index (χ3n) is 4.40. The molecule has 1 heterocycles. The van der Waals surface area contributed by atoms with Gasteiger partial charge in [-0.3, -0.25) is 9.59 Å². The van der Waals surface area contributed by atoms with E-state index in [1.807, 2.05) is 52.0 Å². The molecule has 2 aromatic carbocycles. The van der Waals surface area contributed by atoms with Crippen molar-refractivity contribution >= 4 is 29.1 Å². The van der Waals surface area contributed by atoms with Gasteiger partial charge in [0.25, 0.3) is 11.8 Å². The second-order valence-corrected chi connectivity index (χ2v) is 7.58. The Morgan fingerprint density at radius 2 is 1.83 bits per heavy atom. The Kier molecular flexibility index (Phi) is 6.03. The van der Waals surface area contributed by atoms with Crippen molar-refractivity contribution in [2.45, 2.75) is 33.7 Å². The molecule has 0 atom stereocenters. The minimum Gasteiger partial charge on any atom is -0.350 e. The maximum atomic E-state index is 12.8. The van der Waals surface area contributed by atoms with Crippen molar-refractivity contribution in [3.63, 3.8) is 0 Å². The fourth-order valence-electron chi connectivity index (χ4n) is 2.95. The van der Waals surface area contributed by atoms with Crippen LogP contribution in [0.15, 0.2) is 48.7 Å². The second-order valence-electron chi connectivity index (χ2n) is 7.17. The Balaban J connectivity index is 1.85. The van der Waals surface area contributed by atoms with Crippen LogP contribution in [-0.2, 0) is 0 Å². The summed E-state index contributed by atoms with van der Waals surface area (Å²) in [5.41, 5.74) is 3.91. The van der Waals surface area contributed by atoms with E-state index in [4.69, 9.17) is 11.6 Å². The molecule has 0 bridgehead atoms. The lowest BCUT2D eigenvalue weighted by Crippen LogP contribution is -2.30. The Morgan fingerprint density at radius 1 is 1.07 bits per heavy atom. The molecule has 0 fully saturated rings. The van der Waals surface area contributed by atoms with Gasteiger partial charge < -0.3 is 10.6 Å². The molecule has 0 unspecified atom stereocenters. The Labute approximate surface area is 174 Å². The molecule has 150 valence electrons. The van der Waals surface area contributed by atoms with E-state index in [0.29, 0.717) is 27.5 Å². The van der Waals surface area contributed by atoms with E-state index < -0.39 is 0 Å². The predicted octanol–water partition coefficient (Wildman–Crippen LogP) is 4.53. The van der Waals surface area contributed by atoms with Crippen LogP contribution in [0.25, 0.3) is 5.69 Å². The number of aromatic nitrogens is 2. The number of nitrogens with one attached hydrogen (secondary N) is 2. The minimum absolute atomic E-state index is 0.00586. The van der Waals surface area contributed by atoms with Gasteiger partial charge in [0.1, 0.15) is 0 Å². The van der Waals surface area contributed by atoms with Gasteiger partial charge in [0.15, 0.2) is 0 Å². The number of nitrogens with zero attached hydrogens (tertiary/aromatic N) is 2. The smallest absolute Gasteiger partial charge is 0.259 e. The highest BCUT2D eigenvalue weighted by Gasteiger charge is 2.17. The molecule has 1 aromatic heterocycles. The first kappa shape index (κ1) is 20.6. The molecule has 3 rings (SSSR count). The molecule has 0 aliphatic rings. The zero-order valence-electron chi connectivity index (χ0n) is 16.8. The van der Waals surface area contributed by atoms with E-state index in [9.17, 15) is 9.59 Å². The van der Waals surface area contributed by atoms with Gasteiger partial charge in [0, 0.05) is 11.6 Å². The van der Waals surface area contributed by atoms with Crippen molar-refractivity contribution in [3.8, 4) is 5.69 Å². The van der Waals surface area contributed by atoms with Gasteiger partial charge in [-0.15, -0.1) is 0 Å². The molecular weight excluding hydrogens is 388 g/mol. The number of rotatable bonds is 5. The van der Waals surface area contributed by atoms with Crippen molar-refractivity contribution < 1.29 is 9.59 Å². The summed E-state index contributed by atoms with van der Waals surface area (Å²) in [5.74, 6) is -0.569. The highest BCUT2D eigenvalue weighted by Crippen LogP contribution is 2.25. The highest BCUT2D eigenvalue weighted by atomic mass is 35.5. The Hall–Kier alpha value is -3.12. The number of hydrogen-bond donors (Lipinski definition) is 2. The van der Waals surface area contributed by atoms with Crippen LogP contribution in [0.1, 0.15) is 45.8 Å². The zero-order chi connectivity index (χ0) is 21.1. The molecule has 0 saturated carbocycles. The fourth-order valence-corrected chi connectivity index (χ4v) is 3.11. The van der Waals surface area contributed by atoms with Crippen LogP contribution < -0.4 is 10.6 Å². The van der Waals surface area contributed by atoms with Gasteiger partial charge in [-0.1, -0.05) is 23.7 Å². The molecule has 0 aliphatic heterocycles. The number of carbonyl (C=O) groups is 2. The monoisotopic (exact) mass is 410 g/mol. The lowest BCUT2D eigenvalue weighted by molar-refractivity contribution is 0.0941. The van der Waals surface area contributed by atoms with E-state index in [0.717, 1.165) is 11.3 Å². The van der Waals surface area contributed by atoms with E-state index in [1.54, 1.807) is 22.9 Å². The number of amides is 2. The molecule has 0 spiro atoms. The van der Waals surface area contributed by atoms with E-state index in [-0.39, 0.29) is 17.9 Å². The lowest BCUT2D eigenvalue weighted by Gasteiger charge is -2.12. The summed E-state index contributed by atoms with van der Waals surface area (Å²) < 4.78 is 1.72. The van der Waals surface area contributed by atoms with Crippen molar-refractivity contribution in [3.05, 3.63) is 76.1 Å². The summed E-state index contributed by atoms with van der Waals surface area (Å²) in [7, 11) is 0. The third-order valence-corrected chi connectivity index (χ3v) is 4.73. The largest absolute Gasteiger partial charge is 0.350 e. The summed E-state index contributed by atoms with van der Waals surface area (Å²) in [5, 5.41) is 10.3. The fraction of sp³-hybridized carbons (Fsp3) is 0.227. The van der Waals surface area contributed by atoms with Crippen LogP contribution in [0.4, 0.5) is 5.69 Å². The molecule has 6 nitrogen and oxygen atoms in total. The highest BCUT2D eigenvalue weighted by molar-refractivity contribution is 6.34. The average molecular weight is 411 g/mol. The normalized spacial score (nSPS) is 10.8. The van der Waals surface area contributed by atoms with Crippen LogP contribution in [0, 0.1) is 13.8 Å². The lowest BCUT2D eigenvalue weighted by atomic mass is 10.1. The van der Waals surface area contributed by atoms with Crippen LogP contribution in [0.3, 0.4) is 0 Å². The number of carbonyl (C=O) groups excluding carboxylic acids is 2. The summed E-state index contributed by atoms with van der Waals surface area (Å²) in [4.78, 5) is 25.1. The SMILES string of the molecule is Cc1cccc(-n2ncc(C(=O)Nc3cc(C(=O)NC(C)C)ccc3Cl)c2C)c1. The molecule has 29 heavy (non-hydrogen) atoms. The van der Waals surface area contributed by atoms with Gasteiger partial charge in [-0.05, 0) is 63.6 Å². The molecule has 3 aromatic rings. The zero-order valence-corrected chi connectivity index (χ0v) is 17.5. The topological polar surface area (TPSA) is 76.0 Å². The van der Waals surface area contributed by atoms with Crippen LogP contribution in [0.5, 0.6) is 0 Å². The summed E-state index contributed by atoms with van der Waals surface area (Å²) in [6, 6.07) is 12.7. The number of aryl methyl sites for hydroxylation is 1. The maximum Gasteiger partial charge on any atom is 0.259 e. The molecule has 2 amide bonds. The van der Waals surface area contributed by atoms with E-state index in [2.05, 4.69) is 15.7 Å². The summed E-state index contributed by atoms with van der Waals surface area (Å²) in [6.07, 6.45) is 1.52. The summed E-state index contributed by atoms with van der Waals surface area (Å²) >= 11 is 6.23. The third kappa shape index (κ3) is 4.66. The van der Waals surface area contributed by atoms with E-state index in [1.165, 1.54) is 6.20 Å². The van der Waals surface area contributed by atoms with Gasteiger partial charge in [0.2, 0.25) is 0 Å². The van der Waals surface area contributed by atoms with Gasteiger partial charge >= 0.3 is 0 Å². The number of benzene rings is 2. The van der Waals surface area contributed by atoms with Crippen molar-refractivity contribution in [2.75, 3.05) is 5.32 Å². The second kappa shape index (κ2) is 8.49. The van der Waals surface area contributed by atoms with Crippen molar-refractivity contribution in [1.82, 2.24) is 15.1 Å². The summed E-state index contributed by atoms with van der Waals surface area (Å²) in [6.45, 7) is 7.59. The number of halogens is 1. The minimum atomic E-state index is -0.343. The first-order valence-electron chi connectivity index (χ1n) is 9.29. The van der Waals surface area contributed by atoms with Crippen molar-refractivity contribution in [2.24, 2.45) is 0 Å². The molecule has 0 saturated heterocycles. The Morgan fingerprint density at radius 3 is 2.52 bits per heavy atom. The molecule has 0 radical (unpaired) electrons. The van der Waals surface area contributed by atoms with Crippen LogP contribution in [-0.4, -0.2) is 27.6 Å². The standard InChI is InChI=1S/C22H23ClN4O2/c1-13(2)25-21(28)16-8-9-19(23)20(11-16)26-22(29)18-12-24-27(15(18)4)17-7-5-6-14(3)10-17/h5-13H,1-4H3,(H,25,28)(H,26,29). The maximum absolute atomic E-state index is 12.8. The van der Waals surface area contributed by atoms with Gasteiger partial charge in [-0.2, -0.15) is 5.10 Å². The van der Waals surface area contributed by atoms with Crippen LogP contribution in [0.2, 0.25) is 5.02 Å². The number of anilines is 1. The average Bonchev–Trinajstić information content (AvgIpc) is 3.04. The van der Waals surface area contributed by atoms with E-state index >= 15 is 0 Å².